The number of aromatic nitrogens is 1. The molecule has 3 saturated heterocycles. The van der Waals surface area contributed by atoms with Crippen LogP contribution in [0.1, 0.15) is 62.7 Å². The van der Waals surface area contributed by atoms with Crippen molar-refractivity contribution in [1.82, 2.24) is 5.16 Å². The summed E-state index contributed by atoms with van der Waals surface area (Å²) in [5.41, 5.74) is 0.536. The van der Waals surface area contributed by atoms with Crippen LogP contribution in [-0.4, -0.2) is 53.8 Å². The number of hydrogen-bond donors (Lipinski definition) is 0. The van der Waals surface area contributed by atoms with Gasteiger partial charge in [-0.05, 0) is 25.3 Å². The summed E-state index contributed by atoms with van der Waals surface area (Å²) in [6, 6.07) is 11.9. The molecule has 1 saturated carbocycles. The maximum atomic E-state index is 13.9. The van der Waals surface area contributed by atoms with Gasteiger partial charge < -0.3 is 18.8 Å². The molecule has 4 heterocycles. The highest BCUT2D eigenvalue weighted by molar-refractivity contribution is 5.83. The molecule has 7 heteroatoms. The molecule has 7 nitrogen and oxygen atoms in total. The number of nitrogens with zero attached hydrogens (tertiary/aromatic N) is 3. The molecule has 0 amide bonds. The molecule has 0 unspecified atom stereocenters. The van der Waals surface area contributed by atoms with E-state index in [1.54, 1.807) is 13.0 Å². The van der Waals surface area contributed by atoms with Crippen molar-refractivity contribution >= 4 is 17.7 Å². The lowest BCUT2D eigenvalue weighted by Gasteiger charge is -2.53. The molecule has 1 aromatic carbocycles. The first kappa shape index (κ1) is 23.1. The Labute approximate surface area is 201 Å². The topological polar surface area (TPSA) is 87.8 Å². The first-order valence-corrected chi connectivity index (χ1v) is 12.8. The minimum Gasteiger partial charge on any atom is -0.858 e. The normalized spacial score (nSPS) is 28.9. The van der Waals surface area contributed by atoms with E-state index in [2.05, 4.69) is 22.3 Å². The van der Waals surface area contributed by atoms with Crippen LogP contribution in [0.4, 0.5) is 5.82 Å². The highest BCUT2D eigenvalue weighted by Crippen LogP contribution is 2.42. The van der Waals surface area contributed by atoms with E-state index in [0.717, 1.165) is 57.2 Å². The van der Waals surface area contributed by atoms with Crippen LogP contribution < -0.4 is 5.11 Å². The molecular formula is C27H35N3O4. The van der Waals surface area contributed by atoms with Gasteiger partial charge in [-0.2, -0.15) is 0 Å². The number of fused-ring (bicyclic) bond motifs is 3. The summed E-state index contributed by atoms with van der Waals surface area (Å²) in [6.07, 6.45) is 7.96. The van der Waals surface area contributed by atoms with Gasteiger partial charge in [0.15, 0.2) is 11.9 Å². The lowest BCUT2D eigenvalue weighted by atomic mass is 9.74. The van der Waals surface area contributed by atoms with Gasteiger partial charge in [0.25, 0.3) is 0 Å². The number of piperidine rings is 3. The van der Waals surface area contributed by atoms with Crippen LogP contribution in [0, 0.1) is 12.8 Å². The summed E-state index contributed by atoms with van der Waals surface area (Å²) in [4.78, 5) is 18.0. The second-order valence-corrected chi connectivity index (χ2v) is 10.6. The minimum atomic E-state index is -0.551. The Morgan fingerprint density at radius 2 is 1.88 bits per heavy atom. The number of benzene rings is 1. The zero-order valence-corrected chi connectivity index (χ0v) is 20.1. The number of carbonyl (C=O) groups is 1. The number of rotatable bonds is 6. The predicted octanol–water partition coefficient (Wildman–Crippen LogP) is 3.82. The molecule has 1 aromatic heterocycles. The average Bonchev–Trinajstić information content (AvgIpc) is 3.09. The summed E-state index contributed by atoms with van der Waals surface area (Å²) in [5.74, 6) is 1.09. The molecule has 0 radical (unpaired) electrons. The predicted molar refractivity (Wildman–Crippen MR) is 126 cm³/mol. The summed E-state index contributed by atoms with van der Waals surface area (Å²) in [5, 5.41) is 16.6. The van der Waals surface area contributed by atoms with Gasteiger partial charge in [0.1, 0.15) is 18.8 Å². The molecule has 0 spiro atoms. The summed E-state index contributed by atoms with van der Waals surface area (Å²) in [6.45, 7) is 4.66. The Kier molecular flexibility index (Phi) is 6.47. The standard InChI is InChI=1S/C27H35N3O4/c1-20-17-24(29-34-20)28-25(31)19-30-15-11-21(12-16-30)23(18-30)33-26(32)27(13-7-2-3-8-14-27)22-9-5-4-6-10-22/h4-6,9-10,17,21,23H,2-3,7-8,11-16,18-19H2,1H3/t21?,23-,30?/m0/s1. The monoisotopic (exact) mass is 465 g/mol. The molecule has 2 bridgehead atoms. The Bertz CT molecular complexity index is 1020. The highest BCUT2D eigenvalue weighted by Gasteiger charge is 2.50. The van der Waals surface area contributed by atoms with Crippen molar-refractivity contribution in [1.29, 1.82) is 0 Å². The fraction of sp³-hybridized carbons (Fsp3) is 0.593. The van der Waals surface area contributed by atoms with Gasteiger partial charge in [-0.1, -0.05) is 61.2 Å². The second kappa shape index (κ2) is 9.53. The van der Waals surface area contributed by atoms with E-state index in [1.807, 2.05) is 18.2 Å². The molecule has 6 rings (SSSR count). The minimum absolute atomic E-state index is 0.0633. The van der Waals surface area contributed by atoms with Crippen LogP contribution in [0.15, 0.2) is 45.9 Å². The highest BCUT2D eigenvalue weighted by atomic mass is 16.5. The van der Waals surface area contributed by atoms with Gasteiger partial charge >= 0.3 is 5.97 Å². The van der Waals surface area contributed by atoms with E-state index >= 15 is 0 Å². The third-order valence-corrected chi connectivity index (χ3v) is 8.30. The number of esters is 1. The number of quaternary nitrogens is 1. The molecule has 182 valence electrons. The van der Waals surface area contributed by atoms with Crippen molar-refractivity contribution in [2.45, 2.75) is 69.8 Å². The summed E-state index contributed by atoms with van der Waals surface area (Å²) < 4.78 is 12.1. The van der Waals surface area contributed by atoms with Crippen molar-refractivity contribution in [3.8, 4) is 0 Å². The number of ether oxygens (including phenoxy) is 1. The van der Waals surface area contributed by atoms with Gasteiger partial charge in [-0.25, -0.2) is 4.99 Å². The van der Waals surface area contributed by atoms with Gasteiger partial charge in [0.05, 0.1) is 18.5 Å². The number of aliphatic imine (C=N–C) groups is 1. The van der Waals surface area contributed by atoms with Gasteiger partial charge in [-0.3, -0.25) is 4.79 Å². The zero-order valence-electron chi connectivity index (χ0n) is 20.1. The van der Waals surface area contributed by atoms with E-state index in [4.69, 9.17) is 9.26 Å². The van der Waals surface area contributed by atoms with Gasteiger partial charge in [0.2, 0.25) is 0 Å². The fourth-order valence-corrected chi connectivity index (χ4v) is 6.38. The van der Waals surface area contributed by atoms with Crippen LogP contribution in [0.5, 0.6) is 0 Å². The Balaban J connectivity index is 1.33. The molecule has 1 aliphatic carbocycles. The Morgan fingerprint density at radius 1 is 1.18 bits per heavy atom. The fourth-order valence-electron chi connectivity index (χ4n) is 6.38. The van der Waals surface area contributed by atoms with Crippen molar-refractivity contribution < 1.29 is 23.6 Å². The van der Waals surface area contributed by atoms with E-state index in [9.17, 15) is 9.90 Å². The lowest BCUT2D eigenvalue weighted by molar-refractivity contribution is -0.939. The van der Waals surface area contributed by atoms with E-state index in [-0.39, 0.29) is 18.0 Å². The largest absolute Gasteiger partial charge is 0.858 e. The van der Waals surface area contributed by atoms with E-state index in [0.29, 0.717) is 35.1 Å². The number of aryl methyl sites for hydroxylation is 1. The van der Waals surface area contributed by atoms with Gasteiger partial charge in [-0.15, -0.1) is 0 Å². The van der Waals surface area contributed by atoms with Crippen molar-refractivity contribution in [3.05, 3.63) is 47.7 Å². The average molecular weight is 466 g/mol. The Morgan fingerprint density at radius 3 is 2.53 bits per heavy atom. The van der Waals surface area contributed by atoms with Crippen molar-refractivity contribution in [2.75, 3.05) is 26.2 Å². The van der Waals surface area contributed by atoms with Crippen LogP contribution in [0.3, 0.4) is 0 Å². The molecule has 4 fully saturated rings. The lowest BCUT2D eigenvalue weighted by Crippen LogP contribution is -2.67. The molecule has 1 atom stereocenters. The zero-order chi connectivity index (χ0) is 23.6. The molecular weight excluding hydrogens is 430 g/mol. The molecule has 3 aliphatic heterocycles. The number of carbonyl (C=O) groups excluding carboxylic acids is 1. The van der Waals surface area contributed by atoms with E-state index < -0.39 is 5.41 Å². The van der Waals surface area contributed by atoms with E-state index in [1.165, 1.54) is 12.8 Å². The first-order valence-electron chi connectivity index (χ1n) is 12.8. The van der Waals surface area contributed by atoms with Crippen LogP contribution in [-0.2, 0) is 14.9 Å². The van der Waals surface area contributed by atoms with Gasteiger partial charge in [0, 0.05) is 30.7 Å². The molecule has 2 aromatic rings. The third-order valence-electron chi connectivity index (χ3n) is 8.30. The maximum Gasteiger partial charge on any atom is 0.317 e. The molecule has 0 N–H and O–H groups in total. The SMILES string of the molecule is Cc1cc(N=C([O-])C[N+]23CCC(CC2)[C@@H](OC(=O)C2(c4ccccc4)CCCCCC2)C3)no1. The van der Waals surface area contributed by atoms with Crippen LogP contribution >= 0.6 is 0 Å². The van der Waals surface area contributed by atoms with Crippen LogP contribution in [0.2, 0.25) is 0 Å². The smallest absolute Gasteiger partial charge is 0.317 e. The molecule has 34 heavy (non-hydrogen) atoms. The third kappa shape index (κ3) is 4.63. The van der Waals surface area contributed by atoms with Crippen molar-refractivity contribution in [2.24, 2.45) is 10.9 Å². The quantitative estimate of drug-likeness (QED) is 0.213. The molecule has 4 aliphatic rings. The first-order chi connectivity index (χ1) is 16.5. The maximum absolute atomic E-state index is 13.9. The van der Waals surface area contributed by atoms with Crippen LogP contribution in [0.25, 0.3) is 0 Å². The second-order valence-electron chi connectivity index (χ2n) is 10.6. The summed E-state index contributed by atoms with van der Waals surface area (Å²) in [7, 11) is 0. The number of hydrogen-bond acceptors (Lipinski definition) is 6. The Hall–Kier alpha value is -2.67. The summed E-state index contributed by atoms with van der Waals surface area (Å²) >= 11 is 0. The van der Waals surface area contributed by atoms with Crippen molar-refractivity contribution in [3.63, 3.8) is 0 Å².